The summed E-state index contributed by atoms with van der Waals surface area (Å²) >= 11 is 0. The number of tetrazole rings is 1. The van der Waals surface area contributed by atoms with E-state index < -0.39 is 0 Å². The van der Waals surface area contributed by atoms with Gasteiger partial charge in [0.15, 0.2) is 0 Å². The number of amides is 1. The van der Waals surface area contributed by atoms with E-state index in [1.807, 2.05) is 26.0 Å². The molecule has 2 heterocycles. The van der Waals surface area contributed by atoms with Gasteiger partial charge in [-0.15, -0.1) is 5.10 Å². The summed E-state index contributed by atoms with van der Waals surface area (Å²) in [7, 11) is 0. The van der Waals surface area contributed by atoms with Crippen molar-refractivity contribution in [1.29, 1.82) is 0 Å². The lowest BCUT2D eigenvalue weighted by Gasteiger charge is -2.35. The van der Waals surface area contributed by atoms with Crippen LogP contribution in [0.25, 0.3) is 5.69 Å². The smallest absolute Gasteiger partial charge is 0.251 e. The molecule has 3 rings (SSSR count). The molecule has 1 N–H and O–H groups in total. The number of carbonyl (C=O) groups is 1. The maximum atomic E-state index is 12.4. The normalized spacial score (nSPS) is 20.5. The average Bonchev–Trinajstić information content (AvgIpc) is 3.00. The molecule has 2 aromatic rings. The third kappa shape index (κ3) is 3.30. The van der Waals surface area contributed by atoms with Crippen LogP contribution in [-0.2, 0) is 4.74 Å². The van der Waals surface area contributed by atoms with Gasteiger partial charge < -0.3 is 10.1 Å². The minimum Gasteiger partial charge on any atom is -0.375 e. The highest BCUT2D eigenvalue weighted by Gasteiger charge is 2.29. The molecule has 1 aromatic carbocycles. The molecule has 7 nitrogen and oxygen atoms in total. The van der Waals surface area contributed by atoms with Crippen LogP contribution >= 0.6 is 0 Å². The number of ether oxygens (including phenoxy) is 1. The fourth-order valence-electron chi connectivity index (χ4n) is 2.69. The number of aromatic nitrogens is 4. The van der Waals surface area contributed by atoms with Gasteiger partial charge >= 0.3 is 0 Å². The zero-order valence-electron chi connectivity index (χ0n) is 12.7. The van der Waals surface area contributed by atoms with Crippen molar-refractivity contribution in [2.75, 3.05) is 6.61 Å². The van der Waals surface area contributed by atoms with E-state index in [0.717, 1.165) is 18.5 Å². The lowest BCUT2D eigenvalue weighted by Crippen LogP contribution is -2.45. The summed E-state index contributed by atoms with van der Waals surface area (Å²) in [5.41, 5.74) is 1.16. The molecule has 0 saturated carbocycles. The summed E-state index contributed by atoms with van der Waals surface area (Å²) in [4.78, 5) is 12.4. The van der Waals surface area contributed by atoms with Crippen molar-refractivity contribution in [3.63, 3.8) is 0 Å². The van der Waals surface area contributed by atoms with Crippen LogP contribution in [-0.4, -0.2) is 44.4 Å². The standard InChI is InChI=1S/C15H19N5O2/c1-15(2)9-12(6-7-22-15)17-14(21)11-4-3-5-13(8-11)20-10-16-18-19-20/h3-5,8,10,12H,6-7,9H2,1-2H3,(H,17,21). The van der Waals surface area contributed by atoms with Gasteiger partial charge in [0.2, 0.25) is 0 Å². The van der Waals surface area contributed by atoms with Gasteiger partial charge in [-0.3, -0.25) is 4.79 Å². The molecule has 1 amide bonds. The van der Waals surface area contributed by atoms with Gasteiger partial charge in [-0.1, -0.05) is 6.07 Å². The van der Waals surface area contributed by atoms with E-state index in [1.54, 1.807) is 12.1 Å². The fourth-order valence-corrected chi connectivity index (χ4v) is 2.69. The molecule has 0 spiro atoms. The Morgan fingerprint density at radius 1 is 1.45 bits per heavy atom. The van der Waals surface area contributed by atoms with Crippen molar-refractivity contribution in [2.24, 2.45) is 0 Å². The number of rotatable bonds is 3. The van der Waals surface area contributed by atoms with Crippen molar-refractivity contribution in [3.05, 3.63) is 36.2 Å². The Bertz CT molecular complexity index is 654. The summed E-state index contributed by atoms with van der Waals surface area (Å²) in [6.07, 6.45) is 3.14. The van der Waals surface area contributed by atoms with Crippen LogP contribution in [0.5, 0.6) is 0 Å². The molecule has 1 aliphatic heterocycles. The molecule has 1 aromatic heterocycles. The first-order valence-electron chi connectivity index (χ1n) is 7.32. The Balaban J connectivity index is 1.71. The van der Waals surface area contributed by atoms with E-state index in [0.29, 0.717) is 12.2 Å². The minimum atomic E-state index is -0.190. The highest BCUT2D eigenvalue weighted by Crippen LogP contribution is 2.24. The lowest BCUT2D eigenvalue weighted by atomic mass is 9.94. The van der Waals surface area contributed by atoms with Crippen molar-refractivity contribution in [2.45, 2.75) is 38.3 Å². The number of nitrogens with one attached hydrogen (secondary N) is 1. The zero-order chi connectivity index (χ0) is 15.6. The predicted octanol–water partition coefficient (Wildman–Crippen LogP) is 1.35. The third-order valence-electron chi connectivity index (χ3n) is 3.75. The van der Waals surface area contributed by atoms with Crippen molar-refractivity contribution < 1.29 is 9.53 Å². The summed E-state index contributed by atoms with van der Waals surface area (Å²) < 4.78 is 7.20. The molecular weight excluding hydrogens is 282 g/mol. The Morgan fingerprint density at radius 2 is 2.32 bits per heavy atom. The Kier molecular flexibility index (Phi) is 3.89. The molecule has 1 unspecified atom stereocenters. The van der Waals surface area contributed by atoms with E-state index in [9.17, 15) is 4.79 Å². The maximum absolute atomic E-state index is 12.4. The van der Waals surface area contributed by atoms with Crippen LogP contribution in [0.4, 0.5) is 0 Å². The van der Waals surface area contributed by atoms with Gasteiger partial charge in [0.05, 0.1) is 11.3 Å². The molecular formula is C15H19N5O2. The highest BCUT2D eigenvalue weighted by atomic mass is 16.5. The summed E-state index contributed by atoms with van der Waals surface area (Å²) in [5.74, 6) is -0.0855. The monoisotopic (exact) mass is 301 g/mol. The van der Waals surface area contributed by atoms with E-state index in [-0.39, 0.29) is 17.6 Å². The minimum absolute atomic E-state index is 0.0855. The van der Waals surface area contributed by atoms with Crippen LogP contribution in [0.1, 0.15) is 37.0 Å². The van der Waals surface area contributed by atoms with Gasteiger partial charge in [-0.25, -0.2) is 4.68 Å². The molecule has 0 bridgehead atoms. The summed E-state index contributed by atoms with van der Waals surface area (Å²) in [6.45, 7) is 4.76. The topological polar surface area (TPSA) is 81.9 Å². The van der Waals surface area contributed by atoms with Gasteiger partial charge in [0, 0.05) is 18.2 Å². The van der Waals surface area contributed by atoms with E-state index in [1.165, 1.54) is 11.0 Å². The Hall–Kier alpha value is -2.28. The SMILES string of the molecule is CC1(C)CC(NC(=O)c2cccc(-n3cnnn3)c2)CCO1. The number of carbonyl (C=O) groups excluding carboxylic acids is 1. The van der Waals surface area contributed by atoms with Crippen LogP contribution in [0, 0.1) is 0 Å². The lowest BCUT2D eigenvalue weighted by molar-refractivity contribution is -0.0615. The second-order valence-electron chi connectivity index (χ2n) is 6.08. The Morgan fingerprint density at radius 3 is 3.05 bits per heavy atom. The van der Waals surface area contributed by atoms with Crippen LogP contribution < -0.4 is 5.32 Å². The second-order valence-corrected chi connectivity index (χ2v) is 6.08. The first-order valence-corrected chi connectivity index (χ1v) is 7.32. The van der Waals surface area contributed by atoms with E-state index in [4.69, 9.17) is 4.74 Å². The van der Waals surface area contributed by atoms with Crippen LogP contribution in [0.15, 0.2) is 30.6 Å². The van der Waals surface area contributed by atoms with Gasteiger partial charge in [-0.05, 0) is 55.3 Å². The van der Waals surface area contributed by atoms with E-state index in [2.05, 4.69) is 20.8 Å². The van der Waals surface area contributed by atoms with Crippen molar-refractivity contribution in [1.82, 2.24) is 25.5 Å². The highest BCUT2D eigenvalue weighted by molar-refractivity contribution is 5.94. The number of benzene rings is 1. The summed E-state index contributed by atoms with van der Waals surface area (Å²) in [6, 6.07) is 7.36. The zero-order valence-corrected chi connectivity index (χ0v) is 12.7. The first kappa shape index (κ1) is 14.6. The van der Waals surface area contributed by atoms with E-state index >= 15 is 0 Å². The molecule has 116 valence electrons. The maximum Gasteiger partial charge on any atom is 0.251 e. The van der Waals surface area contributed by atoms with Crippen molar-refractivity contribution >= 4 is 5.91 Å². The average molecular weight is 301 g/mol. The number of nitrogens with zero attached hydrogens (tertiary/aromatic N) is 4. The third-order valence-corrected chi connectivity index (χ3v) is 3.75. The molecule has 0 radical (unpaired) electrons. The first-order chi connectivity index (χ1) is 10.5. The quantitative estimate of drug-likeness (QED) is 0.925. The van der Waals surface area contributed by atoms with Crippen LogP contribution in [0.2, 0.25) is 0 Å². The molecule has 1 saturated heterocycles. The van der Waals surface area contributed by atoms with Crippen molar-refractivity contribution in [3.8, 4) is 5.69 Å². The van der Waals surface area contributed by atoms with Gasteiger partial charge in [0.25, 0.3) is 5.91 Å². The van der Waals surface area contributed by atoms with Gasteiger partial charge in [-0.2, -0.15) is 0 Å². The second kappa shape index (κ2) is 5.84. The molecule has 1 fully saturated rings. The van der Waals surface area contributed by atoms with Crippen LogP contribution in [0.3, 0.4) is 0 Å². The molecule has 0 aliphatic carbocycles. The summed E-state index contributed by atoms with van der Waals surface area (Å²) in [5, 5.41) is 14.1. The number of hydrogen-bond donors (Lipinski definition) is 1. The van der Waals surface area contributed by atoms with Gasteiger partial charge in [0.1, 0.15) is 6.33 Å². The number of hydrogen-bond acceptors (Lipinski definition) is 5. The molecule has 1 aliphatic rings. The largest absolute Gasteiger partial charge is 0.375 e. The fraction of sp³-hybridized carbons (Fsp3) is 0.467. The molecule has 1 atom stereocenters. The molecule has 7 heteroatoms. The predicted molar refractivity (Wildman–Crippen MR) is 79.7 cm³/mol. The molecule has 22 heavy (non-hydrogen) atoms. The Labute approximate surface area is 128 Å².